The van der Waals surface area contributed by atoms with E-state index in [-0.39, 0.29) is 0 Å². The highest BCUT2D eigenvalue weighted by Gasteiger charge is 2.21. The van der Waals surface area contributed by atoms with E-state index in [1.54, 1.807) is 13.3 Å². The normalized spacial score (nSPS) is 18.8. The molecule has 0 atom stereocenters. The third-order valence-corrected chi connectivity index (χ3v) is 6.65. The van der Waals surface area contributed by atoms with Crippen molar-refractivity contribution in [3.63, 3.8) is 0 Å². The van der Waals surface area contributed by atoms with E-state index < -0.39 is 0 Å². The molecule has 8 heteroatoms. The molecule has 2 aliphatic heterocycles. The standard InChI is InChI=1S/C24H29ClN6O/c1-30-8-10-31(11-9-30)21-14-22(32-2)20-13-17(21)7-6-16-4-3-5-18(12-16)27-23-19(25)15-26-24(28-20)29-23/h4,12-15H,3,5-11H2,1-2H3,(H2,26,27,28,29). The lowest BCUT2D eigenvalue weighted by Gasteiger charge is -2.35. The summed E-state index contributed by atoms with van der Waals surface area (Å²) < 4.78 is 5.77. The summed E-state index contributed by atoms with van der Waals surface area (Å²) in [4.78, 5) is 13.9. The maximum absolute atomic E-state index is 6.38. The fourth-order valence-electron chi connectivity index (χ4n) is 4.53. The molecule has 168 valence electrons. The van der Waals surface area contributed by atoms with Crippen molar-refractivity contribution in [3.8, 4) is 5.75 Å². The fourth-order valence-corrected chi connectivity index (χ4v) is 4.67. The highest BCUT2D eigenvalue weighted by Crippen LogP contribution is 2.37. The number of hydrogen-bond donors (Lipinski definition) is 2. The molecular weight excluding hydrogens is 424 g/mol. The minimum absolute atomic E-state index is 0.486. The highest BCUT2D eigenvalue weighted by atomic mass is 35.5. The highest BCUT2D eigenvalue weighted by molar-refractivity contribution is 6.32. The molecule has 5 rings (SSSR count). The van der Waals surface area contributed by atoms with Crippen LogP contribution in [0.5, 0.6) is 5.75 Å². The largest absolute Gasteiger partial charge is 0.494 e. The monoisotopic (exact) mass is 452 g/mol. The van der Waals surface area contributed by atoms with Gasteiger partial charge in [0, 0.05) is 43.6 Å². The Hall–Kier alpha value is -2.77. The van der Waals surface area contributed by atoms with Crippen LogP contribution >= 0.6 is 11.6 Å². The lowest BCUT2D eigenvalue weighted by Crippen LogP contribution is -2.44. The van der Waals surface area contributed by atoms with Gasteiger partial charge in [-0.05, 0) is 56.0 Å². The summed E-state index contributed by atoms with van der Waals surface area (Å²) >= 11 is 6.38. The minimum Gasteiger partial charge on any atom is -0.494 e. The maximum Gasteiger partial charge on any atom is 0.229 e. The Morgan fingerprint density at radius 2 is 1.91 bits per heavy atom. The number of likely N-dealkylation sites (N-methyl/N-ethyl adjacent to an activating group) is 1. The van der Waals surface area contributed by atoms with Gasteiger partial charge in [-0.25, -0.2) is 4.98 Å². The van der Waals surface area contributed by atoms with Crippen LogP contribution in [-0.2, 0) is 6.42 Å². The quantitative estimate of drug-likeness (QED) is 0.690. The van der Waals surface area contributed by atoms with Gasteiger partial charge in [-0.3, -0.25) is 0 Å². The van der Waals surface area contributed by atoms with Crippen molar-refractivity contribution >= 4 is 34.7 Å². The molecule has 0 saturated carbocycles. The summed E-state index contributed by atoms with van der Waals surface area (Å²) in [6, 6.07) is 4.36. The van der Waals surface area contributed by atoms with Gasteiger partial charge >= 0.3 is 0 Å². The number of anilines is 4. The van der Waals surface area contributed by atoms with Crippen LogP contribution < -0.4 is 20.3 Å². The number of aryl methyl sites for hydroxylation is 1. The van der Waals surface area contributed by atoms with E-state index in [2.05, 4.69) is 61.7 Å². The molecule has 2 aromatic rings. The second-order valence-corrected chi connectivity index (χ2v) is 9.01. The van der Waals surface area contributed by atoms with E-state index >= 15 is 0 Å². The van der Waals surface area contributed by atoms with E-state index in [9.17, 15) is 0 Å². The molecule has 1 aromatic carbocycles. The summed E-state index contributed by atoms with van der Waals surface area (Å²) in [5.74, 6) is 1.88. The van der Waals surface area contributed by atoms with Crippen LogP contribution in [0.15, 0.2) is 41.8 Å². The molecule has 2 N–H and O–H groups in total. The van der Waals surface area contributed by atoms with Gasteiger partial charge in [0.15, 0.2) is 5.82 Å². The number of methoxy groups -OCH3 is 1. The van der Waals surface area contributed by atoms with E-state index in [0.717, 1.165) is 69.0 Å². The summed E-state index contributed by atoms with van der Waals surface area (Å²) in [6.07, 6.45) is 10.1. The zero-order chi connectivity index (χ0) is 22.1. The van der Waals surface area contributed by atoms with Crippen LogP contribution in [0.2, 0.25) is 5.02 Å². The first-order valence-corrected chi connectivity index (χ1v) is 11.6. The zero-order valence-corrected chi connectivity index (χ0v) is 19.4. The molecule has 0 spiro atoms. The topological polar surface area (TPSA) is 65.5 Å². The van der Waals surface area contributed by atoms with Gasteiger partial charge < -0.3 is 25.2 Å². The van der Waals surface area contributed by atoms with Crippen molar-refractivity contribution in [1.29, 1.82) is 0 Å². The van der Waals surface area contributed by atoms with Crippen molar-refractivity contribution in [2.75, 3.05) is 55.9 Å². The molecule has 1 aliphatic carbocycles. The van der Waals surface area contributed by atoms with Crippen LogP contribution in [0.1, 0.15) is 24.8 Å². The molecule has 7 nitrogen and oxygen atoms in total. The van der Waals surface area contributed by atoms with Crippen LogP contribution in [0.3, 0.4) is 0 Å². The van der Waals surface area contributed by atoms with Crippen LogP contribution in [0.25, 0.3) is 0 Å². The molecule has 6 bridgehead atoms. The van der Waals surface area contributed by atoms with Gasteiger partial charge in [0.1, 0.15) is 10.8 Å². The van der Waals surface area contributed by atoms with Gasteiger partial charge in [-0.15, -0.1) is 0 Å². The smallest absolute Gasteiger partial charge is 0.229 e. The second-order valence-electron chi connectivity index (χ2n) is 8.60. The van der Waals surface area contributed by atoms with Crippen molar-refractivity contribution in [3.05, 3.63) is 52.3 Å². The van der Waals surface area contributed by atoms with Crippen molar-refractivity contribution < 1.29 is 4.74 Å². The van der Waals surface area contributed by atoms with Crippen LogP contribution in [0, 0.1) is 0 Å². The number of fused-ring (bicyclic) bond motifs is 5. The lowest BCUT2D eigenvalue weighted by molar-refractivity contribution is 0.312. The fraction of sp³-hybridized carbons (Fsp3) is 0.417. The minimum atomic E-state index is 0.486. The van der Waals surface area contributed by atoms with Gasteiger partial charge in [-0.2, -0.15) is 4.98 Å². The Balaban J connectivity index is 1.59. The summed E-state index contributed by atoms with van der Waals surface area (Å²) in [7, 11) is 3.89. The third kappa shape index (κ3) is 4.40. The van der Waals surface area contributed by atoms with Crippen molar-refractivity contribution in [2.45, 2.75) is 25.7 Å². The number of nitrogens with zero attached hydrogens (tertiary/aromatic N) is 4. The summed E-state index contributed by atoms with van der Waals surface area (Å²) in [5, 5.41) is 7.27. The number of benzene rings is 1. The first kappa shape index (κ1) is 21.1. The second kappa shape index (κ2) is 9.00. The number of rotatable bonds is 2. The molecule has 0 amide bonds. The molecule has 0 unspecified atom stereocenters. The Bertz CT molecular complexity index is 1070. The maximum atomic E-state index is 6.38. The average molecular weight is 453 g/mol. The lowest BCUT2D eigenvalue weighted by atomic mass is 9.96. The van der Waals surface area contributed by atoms with E-state index in [0.29, 0.717) is 16.8 Å². The van der Waals surface area contributed by atoms with E-state index in [4.69, 9.17) is 16.3 Å². The van der Waals surface area contributed by atoms with Crippen LogP contribution in [-0.4, -0.2) is 55.2 Å². The number of allylic oxidation sites excluding steroid dienone is 4. The molecule has 3 aliphatic rings. The molecule has 1 aromatic heterocycles. The molecule has 3 heterocycles. The first-order chi connectivity index (χ1) is 15.6. The number of piperazine rings is 1. The average Bonchev–Trinajstić information content (AvgIpc) is 2.81. The Morgan fingerprint density at radius 1 is 1.06 bits per heavy atom. The SMILES string of the molecule is COc1cc(N2CCN(C)CC2)c2cc1Nc1ncc(Cl)c(n1)NC1=CC(=CCC1)CC2. The summed E-state index contributed by atoms with van der Waals surface area (Å²) in [5.41, 5.74) is 5.91. The van der Waals surface area contributed by atoms with Gasteiger partial charge in [0.2, 0.25) is 5.95 Å². The van der Waals surface area contributed by atoms with Crippen LogP contribution in [0.4, 0.5) is 23.1 Å². The number of hydrogen-bond acceptors (Lipinski definition) is 7. The molecule has 32 heavy (non-hydrogen) atoms. The summed E-state index contributed by atoms with van der Waals surface area (Å²) in [6.45, 7) is 4.15. The van der Waals surface area contributed by atoms with Crippen molar-refractivity contribution in [1.82, 2.24) is 14.9 Å². The third-order valence-electron chi connectivity index (χ3n) is 6.38. The molecule has 1 saturated heterocycles. The van der Waals surface area contributed by atoms with E-state index in [1.165, 1.54) is 16.8 Å². The molecule has 1 fully saturated rings. The Morgan fingerprint density at radius 3 is 2.72 bits per heavy atom. The first-order valence-electron chi connectivity index (χ1n) is 11.2. The number of ether oxygens (including phenoxy) is 1. The van der Waals surface area contributed by atoms with Gasteiger partial charge in [0.05, 0.1) is 19.0 Å². The number of aromatic nitrogens is 2. The van der Waals surface area contributed by atoms with Gasteiger partial charge in [0.25, 0.3) is 0 Å². The molecular formula is C24H29ClN6O. The predicted molar refractivity (Wildman–Crippen MR) is 130 cm³/mol. The Labute approximate surface area is 194 Å². The zero-order valence-electron chi connectivity index (χ0n) is 18.6. The molecule has 0 radical (unpaired) electrons. The number of halogens is 1. The van der Waals surface area contributed by atoms with E-state index in [1.807, 2.05) is 0 Å². The predicted octanol–water partition coefficient (Wildman–Crippen LogP) is 4.60. The van der Waals surface area contributed by atoms with Crippen molar-refractivity contribution in [2.24, 2.45) is 0 Å². The van der Waals surface area contributed by atoms with Gasteiger partial charge in [-0.1, -0.05) is 17.7 Å². The Kier molecular flexibility index (Phi) is 5.93. The number of nitrogens with one attached hydrogen (secondary N) is 2.